The van der Waals surface area contributed by atoms with Crippen molar-refractivity contribution in [1.29, 1.82) is 5.26 Å². The van der Waals surface area contributed by atoms with Gasteiger partial charge < -0.3 is 10.3 Å². The van der Waals surface area contributed by atoms with E-state index in [1.54, 1.807) is 18.2 Å². The zero-order valence-corrected chi connectivity index (χ0v) is 20.2. The van der Waals surface area contributed by atoms with E-state index in [9.17, 15) is 10.1 Å². The van der Waals surface area contributed by atoms with Crippen molar-refractivity contribution >= 4 is 45.9 Å². The van der Waals surface area contributed by atoms with Crippen molar-refractivity contribution in [2.75, 3.05) is 11.1 Å². The van der Waals surface area contributed by atoms with Crippen LogP contribution in [0.3, 0.4) is 0 Å². The highest BCUT2D eigenvalue weighted by molar-refractivity contribution is 7.99. The van der Waals surface area contributed by atoms with Gasteiger partial charge in [0.15, 0.2) is 11.0 Å². The van der Waals surface area contributed by atoms with Crippen LogP contribution in [0.15, 0.2) is 78.1 Å². The summed E-state index contributed by atoms with van der Waals surface area (Å²) in [4.78, 5) is 16.0. The summed E-state index contributed by atoms with van der Waals surface area (Å²) < 4.78 is 1.98. The molecule has 0 spiro atoms. The largest absolute Gasteiger partial charge is 0.360 e. The monoisotopic (exact) mass is 498 g/mol. The van der Waals surface area contributed by atoms with Gasteiger partial charge in [0.25, 0.3) is 0 Å². The molecule has 3 aromatic carbocycles. The molecular weight excluding hydrogens is 480 g/mol. The highest BCUT2D eigenvalue weighted by atomic mass is 35.5. The van der Waals surface area contributed by atoms with Crippen molar-refractivity contribution in [3.8, 4) is 23.1 Å². The molecule has 0 bridgehead atoms. The normalized spacial score (nSPS) is 10.9. The fourth-order valence-electron chi connectivity index (χ4n) is 3.86. The lowest BCUT2D eigenvalue weighted by molar-refractivity contribution is -0.113. The molecule has 0 radical (unpaired) electrons. The average Bonchev–Trinajstić information content (AvgIpc) is 3.47. The first-order valence-electron chi connectivity index (χ1n) is 10.8. The summed E-state index contributed by atoms with van der Waals surface area (Å²) in [6, 6.07) is 22.8. The van der Waals surface area contributed by atoms with E-state index in [1.165, 1.54) is 11.8 Å². The number of aryl methyl sites for hydroxylation is 1. The SMILES string of the molecule is Cc1ccccc1-n1c(SCC(=O)Nc2cc(Cl)ccc2C#N)nnc1-c1c[nH]c2ccccc12. The molecule has 0 saturated heterocycles. The van der Waals surface area contributed by atoms with E-state index in [0.29, 0.717) is 27.3 Å². The van der Waals surface area contributed by atoms with Crippen molar-refractivity contribution in [3.63, 3.8) is 0 Å². The standard InChI is InChI=1S/C26H19ClN6OS/c1-16-6-2-5-9-23(16)33-25(20-14-29-21-8-4-3-7-19(20)21)31-32-26(33)35-15-24(34)30-22-12-18(27)11-10-17(22)13-28/h2-12,14,29H,15H2,1H3,(H,30,34). The van der Waals surface area contributed by atoms with E-state index >= 15 is 0 Å². The first kappa shape index (κ1) is 22.7. The van der Waals surface area contributed by atoms with Crippen molar-refractivity contribution in [2.24, 2.45) is 0 Å². The van der Waals surface area contributed by atoms with Gasteiger partial charge in [0, 0.05) is 27.7 Å². The molecule has 0 fully saturated rings. The second-order valence-electron chi connectivity index (χ2n) is 7.81. The van der Waals surface area contributed by atoms with Gasteiger partial charge in [0.2, 0.25) is 5.91 Å². The predicted molar refractivity (Wildman–Crippen MR) is 139 cm³/mol. The van der Waals surface area contributed by atoms with Crippen molar-refractivity contribution in [1.82, 2.24) is 19.7 Å². The molecule has 7 nitrogen and oxygen atoms in total. The second kappa shape index (κ2) is 9.66. The fourth-order valence-corrected chi connectivity index (χ4v) is 4.78. The summed E-state index contributed by atoms with van der Waals surface area (Å²) in [6.45, 7) is 2.03. The Labute approximate surface area is 210 Å². The molecule has 0 aliphatic rings. The van der Waals surface area contributed by atoms with Gasteiger partial charge in [-0.2, -0.15) is 5.26 Å². The zero-order chi connectivity index (χ0) is 24.4. The number of amides is 1. The summed E-state index contributed by atoms with van der Waals surface area (Å²) in [6.07, 6.45) is 1.92. The first-order chi connectivity index (χ1) is 17.0. The molecule has 5 aromatic rings. The van der Waals surface area contributed by atoms with Crippen molar-refractivity contribution in [3.05, 3.63) is 89.1 Å². The Kier molecular flexibility index (Phi) is 6.27. The third kappa shape index (κ3) is 4.52. The van der Waals surface area contributed by atoms with Gasteiger partial charge in [-0.1, -0.05) is 59.8 Å². The van der Waals surface area contributed by atoms with Gasteiger partial charge >= 0.3 is 0 Å². The fraction of sp³-hybridized carbons (Fsp3) is 0.0769. The number of halogens is 1. The average molecular weight is 499 g/mol. The van der Waals surface area contributed by atoms with Crippen LogP contribution in [-0.2, 0) is 4.79 Å². The predicted octanol–water partition coefficient (Wildman–Crippen LogP) is 5.98. The van der Waals surface area contributed by atoms with Crippen LogP contribution in [0, 0.1) is 18.3 Å². The Morgan fingerprint density at radius 2 is 1.94 bits per heavy atom. The van der Waals surface area contributed by atoms with E-state index in [0.717, 1.165) is 27.7 Å². The molecule has 0 atom stereocenters. The number of H-pyrrole nitrogens is 1. The lowest BCUT2D eigenvalue weighted by Gasteiger charge is -2.13. The van der Waals surface area contributed by atoms with E-state index < -0.39 is 0 Å². The van der Waals surface area contributed by atoms with E-state index in [1.807, 2.05) is 66.2 Å². The molecule has 2 heterocycles. The minimum Gasteiger partial charge on any atom is -0.360 e. The Morgan fingerprint density at radius 3 is 2.77 bits per heavy atom. The zero-order valence-electron chi connectivity index (χ0n) is 18.6. The van der Waals surface area contributed by atoms with E-state index in [-0.39, 0.29) is 11.7 Å². The Bertz CT molecular complexity index is 1600. The Hall–Kier alpha value is -4.06. The molecule has 2 aromatic heterocycles. The molecule has 35 heavy (non-hydrogen) atoms. The van der Waals surface area contributed by atoms with E-state index in [2.05, 4.69) is 26.6 Å². The first-order valence-corrected chi connectivity index (χ1v) is 12.1. The number of benzene rings is 3. The molecule has 0 aliphatic heterocycles. The number of anilines is 1. The number of para-hydroxylation sites is 2. The van der Waals surface area contributed by atoms with Crippen molar-refractivity contribution in [2.45, 2.75) is 12.1 Å². The van der Waals surface area contributed by atoms with Crippen LogP contribution in [0.5, 0.6) is 0 Å². The summed E-state index contributed by atoms with van der Waals surface area (Å²) in [5.41, 5.74) is 4.64. The molecule has 9 heteroatoms. The summed E-state index contributed by atoms with van der Waals surface area (Å²) in [5.74, 6) is 0.484. The number of nitrogens with zero attached hydrogens (tertiary/aromatic N) is 4. The molecule has 172 valence electrons. The Balaban J connectivity index is 1.48. The number of hydrogen-bond donors (Lipinski definition) is 2. The summed E-state index contributed by atoms with van der Waals surface area (Å²) in [5, 5.41) is 23.1. The van der Waals surface area contributed by atoms with Gasteiger partial charge in [-0.15, -0.1) is 10.2 Å². The number of nitriles is 1. The van der Waals surface area contributed by atoms with Crippen molar-refractivity contribution < 1.29 is 4.79 Å². The number of carbonyl (C=O) groups excluding carboxylic acids is 1. The smallest absolute Gasteiger partial charge is 0.234 e. The van der Waals surface area contributed by atoms with Crippen LogP contribution in [0.25, 0.3) is 28.0 Å². The van der Waals surface area contributed by atoms with Crippen LogP contribution in [0.2, 0.25) is 5.02 Å². The maximum Gasteiger partial charge on any atom is 0.234 e. The molecular formula is C26H19ClN6OS. The number of aromatic amines is 1. The quantitative estimate of drug-likeness (QED) is 0.280. The molecule has 5 rings (SSSR count). The number of carbonyl (C=O) groups is 1. The molecule has 1 amide bonds. The molecule has 2 N–H and O–H groups in total. The van der Waals surface area contributed by atoms with E-state index in [4.69, 9.17) is 11.6 Å². The highest BCUT2D eigenvalue weighted by Crippen LogP contribution is 2.33. The number of rotatable bonds is 6. The minimum atomic E-state index is -0.276. The van der Waals surface area contributed by atoms with Gasteiger partial charge in [0.05, 0.1) is 22.7 Å². The van der Waals surface area contributed by atoms with Gasteiger partial charge in [-0.3, -0.25) is 9.36 Å². The molecule has 0 saturated carbocycles. The van der Waals surface area contributed by atoms with Gasteiger partial charge in [-0.05, 0) is 42.8 Å². The maximum atomic E-state index is 12.7. The lowest BCUT2D eigenvalue weighted by atomic mass is 10.1. The van der Waals surface area contributed by atoms with Crippen LogP contribution < -0.4 is 5.32 Å². The van der Waals surface area contributed by atoms with Crippen LogP contribution in [-0.4, -0.2) is 31.4 Å². The molecule has 0 unspecified atom stereocenters. The summed E-state index contributed by atoms with van der Waals surface area (Å²) in [7, 11) is 0. The molecule has 0 aliphatic carbocycles. The maximum absolute atomic E-state index is 12.7. The van der Waals surface area contributed by atoms with Crippen LogP contribution in [0.1, 0.15) is 11.1 Å². The highest BCUT2D eigenvalue weighted by Gasteiger charge is 2.21. The minimum absolute atomic E-state index is 0.0787. The summed E-state index contributed by atoms with van der Waals surface area (Å²) >= 11 is 7.31. The number of hydrogen-bond acceptors (Lipinski definition) is 5. The third-order valence-electron chi connectivity index (χ3n) is 5.53. The Morgan fingerprint density at radius 1 is 1.14 bits per heavy atom. The van der Waals surface area contributed by atoms with Gasteiger partial charge in [0.1, 0.15) is 6.07 Å². The number of fused-ring (bicyclic) bond motifs is 1. The van der Waals surface area contributed by atoms with Gasteiger partial charge in [-0.25, -0.2) is 0 Å². The topological polar surface area (TPSA) is 99.4 Å². The number of thioether (sulfide) groups is 1. The second-order valence-corrected chi connectivity index (χ2v) is 9.19. The van der Waals surface area contributed by atoms with Crippen LogP contribution in [0.4, 0.5) is 5.69 Å². The number of nitrogens with one attached hydrogen (secondary N) is 2. The lowest BCUT2D eigenvalue weighted by Crippen LogP contribution is -2.15. The van der Waals surface area contributed by atoms with Crippen LogP contribution >= 0.6 is 23.4 Å². The third-order valence-corrected chi connectivity index (χ3v) is 6.69. The number of aromatic nitrogens is 4.